The van der Waals surface area contributed by atoms with Crippen molar-refractivity contribution < 1.29 is 4.42 Å². The lowest BCUT2D eigenvalue weighted by Gasteiger charge is -2.08. The molecule has 3 heterocycles. The van der Waals surface area contributed by atoms with Gasteiger partial charge in [-0.1, -0.05) is 34.8 Å². The fourth-order valence-corrected chi connectivity index (χ4v) is 3.62. The summed E-state index contributed by atoms with van der Waals surface area (Å²) in [4.78, 5) is 21.2. The fourth-order valence-electron chi connectivity index (χ4n) is 2.64. The van der Waals surface area contributed by atoms with Crippen LogP contribution in [0.15, 0.2) is 44.1 Å². The first kappa shape index (κ1) is 18.4. The summed E-state index contributed by atoms with van der Waals surface area (Å²) in [6.07, 6.45) is 0. The predicted molar refractivity (Wildman–Crippen MR) is 108 cm³/mol. The largest absolute Gasteiger partial charge is 0.401 e. The summed E-state index contributed by atoms with van der Waals surface area (Å²) in [5.74, 6) is 0.344. The van der Waals surface area contributed by atoms with E-state index in [2.05, 4.69) is 31.0 Å². The average molecular weight is 487 g/mol. The molecule has 0 spiro atoms. The zero-order chi connectivity index (χ0) is 19.3. The molecule has 0 saturated carbocycles. The molecule has 3 aromatic heterocycles. The van der Waals surface area contributed by atoms with Gasteiger partial charge in [-0.15, -0.1) is 0 Å². The zero-order valence-electron chi connectivity index (χ0n) is 13.5. The third kappa shape index (κ3) is 3.36. The summed E-state index contributed by atoms with van der Waals surface area (Å²) >= 11 is 21.6. The van der Waals surface area contributed by atoms with Gasteiger partial charge in [0.2, 0.25) is 5.89 Å². The van der Waals surface area contributed by atoms with E-state index in [1.165, 1.54) is 10.7 Å². The first-order valence-corrected chi connectivity index (χ1v) is 9.45. The Morgan fingerprint density at radius 2 is 1.89 bits per heavy atom. The standard InChI is InChI=1S/C17H8BrCl3N4O2/c1-7-4-8(19)5-9-14(7)23-16(27-17(9)26)11-6-12(18)24-25(11)15-10(20)2-3-13(21)22-15/h2-6H,1H3. The maximum Gasteiger partial charge on any atom is 0.347 e. The van der Waals surface area contributed by atoms with Crippen molar-refractivity contribution in [3.8, 4) is 17.4 Å². The maximum absolute atomic E-state index is 12.5. The molecule has 136 valence electrons. The van der Waals surface area contributed by atoms with Crippen LogP contribution in [0.2, 0.25) is 15.2 Å². The van der Waals surface area contributed by atoms with Gasteiger partial charge in [0.1, 0.15) is 15.5 Å². The molecule has 0 aliphatic heterocycles. The van der Waals surface area contributed by atoms with Crippen molar-refractivity contribution in [2.24, 2.45) is 0 Å². The van der Waals surface area contributed by atoms with Crippen LogP contribution in [0.25, 0.3) is 28.3 Å². The lowest BCUT2D eigenvalue weighted by Crippen LogP contribution is -2.08. The van der Waals surface area contributed by atoms with Crippen LogP contribution < -0.4 is 5.63 Å². The van der Waals surface area contributed by atoms with E-state index < -0.39 is 5.63 Å². The summed E-state index contributed by atoms with van der Waals surface area (Å²) < 4.78 is 7.30. The SMILES string of the molecule is Cc1cc(Cl)cc2c(=O)oc(-c3cc(Br)nn3-c3nc(Cl)ccc3Cl)nc12. The molecule has 4 rings (SSSR count). The van der Waals surface area contributed by atoms with Crippen molar-refractivity contribution >= 4 is 61.6 Å². The quantitative estimate of drug-likeness (QED) is 0.352. The van der Waals surface area contributed by atoms with Crippen LogP contribution in [0, 0.1) is 6.92 Å². The van der Waals surface area contributed by atoms with E-state index in [0.717, 1.165) is 5.56 Å². The number of hydrogen-bond acceptors (Lipinski definition) is 5. The molecule has 0 aliphatic rings. The van der Waals surface area contributed by atoms with Crippen molar-refractivity contribution in [1.29, 1.82) is 0 Å². The number of hydrogen-bond donors (Lipinski definition) is 0. The second-order valence-electron chi connectivity index (χ2n) is 5.63. The topological polar surface area (TPSA) is 73.8 Å². The molecule has 0 N–H and O–H groups in total. The average Bonchev–Trinajstić information content (AvgIpc) is 2.99. The van der Waals surface area contributed by atoms with Gasteiger partial charge in [0.25, 0.3) is 0 Å². The highest BCUT2D eigenvalue weighted by atomic mass is 79.9. The minimum atomic E-state index is -0.561. The van der Waals surface area contributed by atoms with E-state index in [1.807, 2.05) is 6.92 Å². The highest BCUT2D eigenvalue weighted by Crippen LogP contribution is 2.29. The maximum atomic E-state index is 12.5. The van der Waals surface area contributed by atoms with E-state index >= 15 is 0 Å². The lowest BCUT2D eigenvalue weighted by molar-refractivity contribution is 0.513. The highest BCUT2D eigenvalue weighted by Gasteiger charge is 2.20. The van der Waals surface area contributed by atoms with Crippen molar-refractivity contribution in [3.05, 3.63) is 66.1 Å². The molecule has 0 bridgehead atoms. The van der Waals surface area contributed by atoms with Gasteiger partial charge in [-0.25, -0.2) is 19.4 Å². The summed E-state index contributed by atoms with van der Waals surface area (Å²) in [6, 6.07) is 8.05. The fraction of sp³-hybridized carbons (Fsp3) is 0.0588. The van der Waals surface area contributed by atoms with E-state index in [0.29, 0.717) is 31.2 Å². The van der Waals surface area contributed by atoms with Crippen LogP contribution >= 0.6 is 50.7 Å². The van der Waals surface area contributed by atoms with Gasteiger partial charge in [0, 0.05) is 11.1 Å². The van der Waals surface area contributed by atoms with Crippen LogP contribution in [-0.4, -0.2) is 19.7 Å². The van der Waals surface area contributed by atoms with Crippen molar-refractivity contribution in [2.45, 2.75) is 6.92 Å². The van der Waals surface area contributed by atoms with Gasteiger partial charge in [0.15, 0.2) is 5.82 Å². The van der Waals surface area contributed by atoms with Crippen LogP contribution in [0.3, 0.4) is 0 Å². The molecule has 4 aromatic rings. The van der Waals surface area contributed by atoms with Gasteiger partial charge < -0.3 is 4.42 Å². The number of aryl methyl sites for hydroxylation is 1. The Balaban J connectivity index is 2.01. The predicted octanol–water partition coefficient (Wildman–Crippen LogP) is 5.47. The first-order valence-electron chi connectivity index (χ1n) is 7.53. The second-order valence-corrected chi connectivity index (χ2v) is 7.67. The van der Waals surface area contributed by atoms with E-state index in [4.69, 9.17) is 39.2 Å². The molecular weight excluding hydrogens is 478 g/mol. The number of rotatable bonds is 2. The van der Waals surface area contributed by atoms with E-state index in [-0.39, 0.29) is 16.9 Å². The molecule has 10 heteroatoms. The molecular formula is C17H8BrCl3N4O2. The Morgan fingerprint density at radius 3 is 2.67 bits per heavy atom. The van der Waals surface area contributed by atoms with Gasteiger partial charge in [0.05, 0.1) is 15.9 Å². The number of halogens is 4. The van der Waals surface area contributed by atoms with Crippen LogP contribution in [0.1, 0.15) is 5.56 Å². The monoisotopic (exact) mass is 484 g/mol. The molecule has 0 aliphatic carbocycles. The molecule has 0 fully saturated rings. The van der Waals surface area contributed by atoms with Gasteiger partial charge in [-0.05, 0) is 52.7 Å². The molecule has 0 saturated heterocycles. The third-order valence-electron chi connectivity index (χ3n) is 3.78. The number of nitrogens with zero attached hydrogens (tertiary/aromatic N) is 4. The van der Waals surface area contributed by atoms with Crippen molar-refractivity contribution in [1.82, 2.24) is 19.7 Å². The molecule has 6 nitrogen and oxygen atoms in total. The Hall–Kier alpha value is -1.93. The summed E-state index contributed by atoms with van der Waals surface area (Å²) in [5, 5.41) is 5.61. The normalized spacial score (nSPS) is 11.3. The van der Waals surface area contributed by atoms with Crippen molar-refractivity contribution in [3.63, 3.8) is 0 Å². The Morgan fingerprint density at radius 1 is 1.11 bits per heavy atom. The molecule has 27 heavy (non-hydrogen) atoms. The minimum absolute atomic E-state index is 0.0639. The molecule has 0 radical (unpaired) electrons. The second kappa shape index (κ2) is 6.91. The lowest BCUT2D eigenvalue weighted by atomic mass is 10.1. The Bertz CT molecular complexity index is 1270. The third-order valence-corrected chi connectivity index (χ3v) is 4.89. The van der Waals surface area contributed by atoms with Gasteiger partial charge in [-0.2, -0.15) is 5.10 Å². The molecule has 0 unspecified atom stereocenters. The molecule has 1 aromatic carbocycles. The van der Waals surface area contributed by atoms with Crippen molar-refractivity contribution in [2.75, 3.05) is 0 Å². The van der Waals surface area contributed by atoms with Crippen LogP contribution in [0.5, 0.6) is 0 Å². The number of pyridine rings is 1. The number of benzene rings is 1. The minimum Gasteiger partial charge on any atom is -0.401 e. The van der Waals surface area contributed by atoms with E-state index in [9.17, 15) is 4.79 Å². The Kier molecular flexibility index (Phi) is 4.71. The highest BCUT2D eigenvalue weighted by molar-refractivity contribution is 9.10. The summed E-state index contributed by atoms with van der Waals surface area (Å²) in [6.45, 7) is 1.81. The number of aromatic nitrogens is 4. The zero-order valence-corrected chi connectivity index (χ0v) is 17.4. The smallest absolute Gasteiger partial charge is 0.347 e. The molecule has 0 atom stereocenters. The van der Waals surface area contributed by atoms with Gasteiger partial charge >= 0.3 is 5.63 Å². The van der Waals surface area contributed by atoms with Crippen LogP contribution in [-0.2, 0) is 0 Å². The molecule has 0 amide bonds. The Labute approximate surface area is 175 Å². The first-order chi connectivity index (χ1) is 12.8. The summed E-state index contributed by atoms with van der Waals surface area (Å²) in [5.41, 5.74) is 1.05. The van der Waals surface area contributed by atoms with Crippen LogP contribution in [0.4, 0.5) is 0 Å². The summed E-state index contributed by atoms with van der Waals surface area (Å²) in [7, 11) is 0. The van der Waals surface area contributed by atoms with Gasteiger partial charge in [-0.3, -0.25) is 0 Å². The number of fused-ring (bicyclic) bond motifs is 1. The van der Waals surface area contributed by atoms with E-state index in [1.54, 1.807) is 24.3 Å².